The molecule has 0 saturated carbocycles. The van der Waals surface area contributed by atoms with Crippen molar-refractivity contribution < 1.29 is 9.47 Å². The third-order valence-electron chi connectivity index (χ3n) is 4.32. The molecule has 1 atom stereocenters. The zero-order valence-electron chi connectivity index (χ0n) is 12.5. The fraction of sp³-hybridized carbons (Fsp3) is 0.647. The van der Waals surface area contributed by atoms with Gasteiger partial charge in [-0.05, 0) is 63.0 Å². The first-order chi connectivity index (χ1) is 10.3. The van der Waals surface area contributed by atoms with Crippen molar-refractivity contribution in [3.8, 4) is 5.75 Å². The molecule has 2 saturated heterocycles. The monoisotopic (exact) mass is 309 g/mol. The lowest BCUT2D eigenvalue weighted by molar-refractivity contribution is 0.141. The van der Waals surface area contributed by atoms with E-state index in [0.717, 1.165) is 30.2 Å². The number of benzene rings is 1. The van der Waals surface area contributed by atoms with Crippen LogP contribution in [0, 0.1) is 0 Å². The average molecular weight is 310 g/mol. The van der Waals surface area contributed by atoms with Gasteiger partial charge in [0.25, 0.3) is 0 Å². The van der Waals surface area contributed by atoms with Gasteiger partial charge in [-0.2, -0.15) is 0 Å². The Labute approximate surface area is 132 Å². The number of ether oxygens (including phenoxy) is 2. The summed E-state index contributed by atoms with van der Waals surface area (Å²) < 4.78 is 11.2. The lowest BCUT2D eigenvalue weighted by Crippen LogP contribution is -2.20. The second-order valence-electron chi connectivity index (χ2n) is 6.02. The molecule has 0 aromatic heterocycles. The smallest absolute Gasteiger partial charge is 0.138 e. The van der Waals surface area contributed by atoms with Crippen LogP contribution in [0.5, 0.6) is 5.75 Å². The first kappa shape index (κ1) is 15.1. The molecule has 0 radical (unpaired) electrons. The first-order valence-electron chi connectivity index (χ1n) is 8.06. The highest BCUT2D eigenvalue weighted by atomic mass is 35.5. The van der Waals surface area contributed by atoms with Gasteiger partial charge >= 0.3 is 0 Å². The Hall–Kier alpha value is -0.770. The van der Waals surface area contributed by atoms with E-state index in [2.05, 4.69) is 17.0 Å². The Morgan fingerprint density at radius 2 is 2.14 bits per heavy atom. The van der Waals surface area contributed by atoms with E-state index < -0.39 is 0 Å². The molecule has 0 amide bonds. The quantitative estimate of drug-likeness (QED) is 0.802. The van der Waals surface area contributed by atoms with Crippen LogP contribution in [0.4, 0.5) is 0 Å². The molecule has 1 aromatic carbocycles. The van der Waals surface area contributed by atoms with Crippen LogP contribution in [0.2, 0.25) is 5.02 Å². The fourth-order valence-corrected chi connectivity index (χ4v) is 3.34. The lowest BCUT2D eigenvalue weighted by Gasteiger charge is -2.15. The summed E-state index contributed by atoms with van der Waals surface area (Å²) in [6, 6.07) is 6.20. The zero-order valence-corrected chi connectivity index (χ0v) is 13.3. The molecule has 0 bridgehead atoms. The Bertz CT molecular complexity index is 454. The molecule has 116 valence electrons. The summed E-state index contributed by atoms with van der Waals surface area (Å²) in [5, 5.41) is 0.723. The largest absolute Gasteiger partial charge is 0.486 e. The SMILES string of the molecule is Clc1cc(CCCN2CCCC2)ccc1OC1CCOC1. The highest BCUT2D eigenvalue weighted by Crippen LogP contribution is 2.28. The molecule has 3 nitrogen and oxygen atoms in total. The van der Waals surface area contributed by atoms with E-state index >= 15 is 0 Å². The average Bonchev–Trinajstić information content (AvgIpc) is 3.15. The number of nitrogens with zero attached hydrogens (tertiary/aromatic N) is 1. The maximum Gasteiger partial charge on any atom is 0.138 e. The molecule has 2 fully saturated rings. The van der Waals surface area contributed by atoms with Crippen molar-refractivity contribution in [3.63, 3.8) is 0 Å². The van der Waals surface area contributed by atoms with Crippen molar-refractivity contribution in [1.82, 2.24) is 4.90 Å². The zero-order chi connectivity index (χ0) is 14.5. The summed E-state index contributed by atoms with van der Waals surface area (Å²) >= 11 is 6.34. The van der Waals surface area contributed by atoms with Crippen LogP contribution >= 0.6 is 11.6 Å². The molecular formula is C17H24ClNO2. The van der Waals surface area contributed by atoms with E-state index in [1.54, 1.807) is 0 Å². The highest BCUT2D eigenvalue weighted by Gasteiger charge is 2.18. The fourth-order valence-electron chi connectivity index (χ4n) is 3.09. The molecular weight excluding hydrogens is 286 g/mol. The molecule has 4 heteroatoms. The Morgan fingerprint density at radius 3 is 2.86 bits per heavy atom. The standard InChI is InChI=1S/C17H24ClNO2/c18-16-12-14(4-3-10-19-8-1-2-9-19)5-6-17(16)21-15-7-11-20-13-15/h5-6,12,15H,1-4,7-11,13H2. The van der Waals surface area contributed by atoms with Crippen LogP contribution in [-0.4, -0.2) is 43.9 Å². The van der Waals surface area contributed by atoms with Gasteiger partial charge in [-0.1, -0.05) is 17.7 Å². The number of likely N-dealkylation sites (tertiary alicyclic amines) is 1. The molecule has 21 heavy (non-hydrogen) atoms. The summed E-state index contributed by atoms with van der Waals surface area (Å²) in [5.74, 6) is 0.787. The third-order valence-corrected chi connectivity index (χ3v) is 4.61. The van der Waals surface area contributed by atoms with Crippen LogP contribution in [0.3, 0.4) is 0 Å². The third kappa shape index (κ3) is 4.35. The van der Waals surface area contributed by atoms with E-state index in [1.165, 1.54) is 44.5 Å². The van der Waals surface area contributed by atoms with Crippen molar-refractivity contribution in [2.24, 2.45) is 0 Å². The molecule has 2 heterocycles. The van der Waals surface area contributed by atoms with Crippen molar-refractivity contribution in [2.45, 2.75) is 38.2 Å². The summed E-state index contributed by atoms with van der Waals surface area (Å²) in [4.78, 5) is 2.55. The number of hydrogen-bond acceptors (Lipinski definition) is 3. The van der Waals surface area contributed by atoms with E-state index in [4.69, 9.17) is 21.1 Å². The summed E-state index contributed by atoms with van der Waals surface area (Å²) in [6.45, 7) is 5.22. The Morgan fingerprint density at radius 1 is 1.29 bits per heavy atom. The van der Waals surface area contributed by atoms with Gasteiger partial charge in [0.1, 0.15) is 11.9 Å². The van der Waals surface area contributed by atoms with Gasteiger partial charge in [0.15, 0.2) is 0 Å². The molecule has 1 unspecified atom stereocenters. The van der Waals surface area contributed by atoms with Crippen molar-refractivity contribution >= 4 is 11.6 Å². The Balaban J connectivity index is 1.48. The normalized spacial score (nSPS) is 22.8. The first-order valence-corrected chi connectivity index (χ1v) is 8.44. The maximum atomic E-state index is 6.34. The van der Waals surface area contributed by atoms with Crippen LogP contribution in [0.15, 0.2) is 18.2 Å². The van der Waals surface area contributed by atoms with E-state index in [0.29, 0.717) is 6.61 Å². The van der Waals surface area contributed by atoms with Gasteiger partial charge in [0.2, 0.25) is 0 Å². The minimum atomic E-state index is 0.156. The van der Waals surface area contributed by atoms with Gasteiger partial charge in [-0.25, -0.2) is 0 Å². The van der Waals surface area contributed by atoms with Gasteiger partial charge in [0, 0.05) is 6.42 Å². The molecule has 2 aliphatic rings. The van der Waals surface area contributed by atoms with Gasteiger partial charge in [0.05, 0.1) is 18.2 Å². The predicted molar refractivity (Wildman–Crippen MR) is 85.3 cm³/mol. The van der Waals surface area contributed by atoms with Crippen molar-refractivity contribution in [1.29, 1.82) is 0 Å². The number of rotatable bonds is 6. The number of hydrogen-bond donors (Lipinski definition) is 0. The second kappa shape index (κ2) is 7.48. The second-order valence-corrected chi connectivity index (χ2v) is 6.43. The number of aryl methyl sites for hydroxylation is 1. The van der Waals surface area contributed by atoms with Crippen LogP contribution in [0.25, 0.3) is 0 Å². The summed E-state index contributed by atoms with van der Waals surface area (Å²) in [5.41, 5.74) is 1.30. The molecule has 3 rings (SSSR count). The predicted octanol–water partition coefficient (Wildman–Crippen LogP) is 3.54. The van der Waals surface area contributed by atoms with Crippen LogP contribution in [-0.2, 0) is 11.2 Å². The van der Waals surface area contributed by atoms with E-state index in [-0.39, 0.29) is 6.10 Å². The van der Waals surface area contributed by atoms with Crippen LogP contribution in [0.1, 0.15) is 31.2 Å². The summed E-state index contributed by atoms with van der Waals surface area (Å²) in [6.07, 6.45) is 6.12. The lowest BCUT2D eigenvalue weighted by atomic mass is 10.1. The van der Waals surface area contributed by atoms with Crippen molar-refractivity contribution in [3.05, 3.63) is 28.8 Å². The highest BCUT2D eigenvalue weighted by molar-refractivity contribution is 6.32. The van der Waals surface area contributed by atoms with Gasteiger partial charge in [-0.3, -0.25) is 0 Å². The molecule has 0 spiro atoms. The summed E-state index contributed by atoms with van der Waals surface area (Å²) in [7, 11) is 0. The van der Waals surface area contributed by atoms with Gasteiger partial charge in [-0.15, -0.1) is 0 Å². The maximum absolute atomic E-state index is 6.34. The van der Waals surface area contributed by atoms with Gasteiger partial charge < -0.3 is 14.4 Å². The van der Waals surface area contributed by atoms with Crippen LogP contribution < -0.4 is 4.74 Å². The molecule has 0 N–H and O–H groups in total. The topological polar surface area (TPSA) is 21.7 Å². The minimum absolute atomic E-state index is 0.156. The van der Waals surface area contributed by atoms with E-state index in [9.17, 15) is 0 Å². The molecule has 2 aliphatic heterocycles. The minimum Gasteiger partial charge on any atom is -0.486 e. The van der Waals surface area contributed by atoms with Crippen molar-refractivity contribution in [2.75, 3.05) is 32.8 Å². The van der Waals surface area contributed by atoms with E-state index in [1.807, 2.05) is 6.07 Å². The molecule has 0 aliphatic carbocycles. The number of halogens is 1. The molecule has 1 aromatic rings. The Kier molecular flexibility index (Phi) is 5.39.